The number of carbonyl (C=O) groups is 3. The van der Waals surface area contributed by atoms with Gasteiger partial charge in [0.15, 0.2) is 10.8 Å². The molecule has 4 N–H and O–H groups in total. The summed E-state index contributed by atoms with van der Waals surface area (Å²) < 4.78 is 1.88. The topological polar surface area (TPSA) is 177 Å². The lowest BCUT2D eigenvalue weighted by Crippen LogP contribution is -2.71. The predicted molar refractivity (Wildman–Crippen MR) is 162 cm³/mol. The van der Waals surface area contributed by atoms with Gasteiger partial charge in [0.1, 0.15) is 29.9 Å². The van der Waals surface area contributed by atoms with Crippen LogP contribution in [0.15, 0.2) is 81.7 Å². The SMILES string of the molecule is CO/N=C(\C(=O)N[C@@H]1C(=O)N2C(C(=O)O)=C(CSc3cc[n+](-c4nncc5ccccc45)cc3)CS[C@H]12)c1csc(N)n1. The Labute approximate surface area is 256 Å². The molecule has 2 atom stereocenters. The van der Waals surface area contributed by atoms with Crippen LogP contribution in [0.4, 0.5) is 5.13 Å². The van der Waals surface area contributed by atoms with Crippen molar-refractivity contribution in [3.63, 3.8) is 0 Å². The number of oxime groups is 1. The standard InChI is InChI=1S/C27H22N8O5S3/c1-40-33-19(18-13-43-27(28)30-18)23(36)31-20-24(37)35-21(26(38)39)15(12-42-25(20)35)11-41-16-6-8-34(9-7-16)22-17-5-3-2-4-14(17)10-29-32-22/h2-10,13,20,25H,11-12H2,1H3,(H3-,28,30,31,36,38,39)/p+1/b33-19-/t20-,25-/m1/s1. The highest BCUT2D eigenvalue weighted by atomic mass is 32.2. The number of nitrogens with one attached hydrogen (secondary N) is 1. The minimum Gasteiger partial charge on any atom is -0.477 e. The van der Waals surface area contributed by atoms with Gasteiger partial charge in [-0.3, -0.25) is 14.5 Å². The number of anilines is 1. The number of pyridine rings is 1. The van der Waals surface area contributed by atoms with Crippen molar-refractivity contribution < 1.29 is 28.9 Å². The molecule has 2 amide bonds. The second-order valence-electron chi connectivity index (χ2n) is 9.30. The molecule has 1 saturated heterocycles. The van der Waals surface area contributed by atoms with Crippen LogP contribution < -0.4 is 15.6 Å². The van der Waals surface area contributed by atoms with Crippen LogP contribution >= 0.6 is 34.9 Å². The summed E-state index contributed by atoms with van der Waals surface area (Å²) in [5.41, 5.74) is 6.32. The van der Waals surface area contributed by atoms with Gasteiger partial charge < -0.3 is 21.0 Å². The van der Waals surface area contributed by atoms with Crippen molar-refractivity contribution in [2.45, 2.75) is 16.3 Å². The minimum atomic E-state index is -1.20. The third-order valence-corrected chi connectivity index (χ3v) is 9.82. The number of hydrogen-bond acceptors (Lipinski definition) is 12. The number of carboxylic acids is 1. The van der Waals surface area contributed by atoms with Crippen molar-refractivity contribution in [1.82, 2.24) is 25.4 Å². The first-order valence-corrected chi connectivity index (χ1v) is 15.7. The number of nitrogens with two attached hydrogens (primary N) is 1. The van der Waals surface area contributed by atoms with Crippen molar-refractivity contribution in [3.8, 4) is 5.82 Å². The average Bonchev–Trinajstić information content (AvgIpc) is 3.46. The number of aliphatic carboxylic acids is 1. The lowest BCUT2D eigenvalue weighted by atomic mass is 10.0. The second kappa shape index (κ2) is 12.0. The summed E-state index contributed by atoms with van der Waals surface area (Å²) in [6.45, 7) is 0. The molecule has 13 nitrogen and oxygen atoms in total. The monoisotopic (exact) mass is 635 g/mol. The van der Waals surface area contributed by atoms with Gasteiger partial charge in [-0.05, 0) is 28.9 Å². The first-order valence-electron chi connectivity index (χ1n) is 12.7. The maximum Gasteiger partial charge on any atom is 0.363 e. The first kappa shape index (κ1) is 28.6. The number of thioether (sulfide) groups is 2. The Morgan fingerprint density at radius 1 is 1.28 bits per heavy atom. The Kier molecular flexibility index (Phi) is 7.96. The van der Waals surface area contributed by atoms with E-state index in [1.807, 2.05) is 53.4 Å². The Balaban J connectivity index is 1.14. The number of carbonyl (C=O) groups excluding carboxylic acids is 2. The zero-order chi connectivity index (χ0) is 30.1. The zero-order valence-corrected chi connectivity index (χ0v) is 24.9. The van der Waals surface area contributed by atoms with Crippen LogP contribution in [0, 0.1) is 0 Å². The van der Waals surface area contributed by atoms with Crippen LogP contribution in [0.2, 0.25) is 0 Å². The van der Waals surface area contributed by atoms with Crippen molar-refractivity contribution in [3.05, 3.63) is 77.3 Å². The van der Waals surface area contributed by atoms with Crippen LogP contribution in [0.1, 0.15) is 5.69 Å². The number of carboxylic acid groups (broad SMARTS) is 1. The van der Waals surface area contributed by atoms with Crippen LogP contribution in [-0.4, -0.2) is 78.7 Å². The smallest absolute Gasteiger partial charge is 0.363 e. The number of amides is 2. The highest BCUT2D eigenvalue weighted by Crippen LogP contribution is 2.41. The summed E-state index contributed by atoms with van der Waals surface area (Å²) in [5, 5.41) is 28.0. The Morgan fingerprint density at radius 2 is 2.07 bits per heavy atom. The molecular weight excluding hydrogens is 613 g/mol. The van der Waals surface area contributed by atoms with Gasteiger partial charge >= 0.3 is 11.8 Å². The van der Waals surface area contributed by atoms with Crippen LogP contribution in [0.5, 0.6) is 0 Å². The van der Waals surface area contributed by atoms with E-state index in [1.165, 1.54) is 35.5 Å². The van der Waals surface area contributed by atoms with Gasteiger partial charge in [-0.15, -0.1) is 34.9 Å². The molecule has 43 heavy (non-hydrogen) atoms. The molecule has 1 fully saturated rings. The molecule has 2 aliphatic heterocycles. The number of nitrogen functional groups attached to an aromatic ring is 1. The predicted octanol–water partition coefficient (Wildman–Crippen LogP) is 1.83. The largest absolute Gasteiger partial charge is 0.477 e. The Bertz CT molecular complexity index is 1800. The highest BCUT2D eigenvalue weighted by Gasteiger charge is 2.54. The van der Waals surface area contributed by atoms with Crippen LogP contribution in [-0.2, 0) is 19.2 Å². The molecule has 16 heteroatoms. The molecule has 218 valence electrons. The molecule has 2 aliphatic rings. The quantitative estimate of drug-likeness (QED) is 0.0804. The van der Waals surface area contributed by atoms with Crippen molar-refractivity contribution in [2.24, 2.45) is 5.16 Å². The van der Waals surface area contributed by atoms with E-state index >= 15 is 0 Å². The number of fused-ring (bicyclic) bond motifs is 2. The van der Waals surface area contributed by atoms with Crippen molar-refractivity contribution >= 4 is 74.3 Å². The van der Waals surface area contributed by atoms with Gasteiger partial charge in [0.2, 0.25) is 0 Å². The highest BCUT2D eigenvalue weighted by molar-refractivity contribution is 8.01. The van der Waals surface area contributed by atoms with E-state index < -0.39 is 29.2 Å². The lowest BCUT2D eigenvalue weighted by molar-refractivity contribution is -0.598. The van der Waals surface area contributed by atoms with E-state index in [4.69, 9.17) is 10.6 Å². The Morgan fingerprint density at radius 3 is 2.79 bits per heavy atom. The number of thiazole rings is 1. The molecular formula is C27H23N8O5S3+. The average molecular weight is 636 g/mol. The molecule has 4 aromatic rings. The van der Waals surface area contributed by atoms with E-state index in [9.17, 15) is 19.5 Å². The van der Waals surface area contributed by atoms with E-state index in [-0.39, 0.29) is 22.2 Å². The number of rotatable bonds is 9. The first-order chi connectivity index (χ1) is 20.9. The van der Waals surface area contributed by atoms with Gasteiger partial charge in [-0.1, -0.05) is 23.4 Å². The fourth-order valence-corrected chi connectivity index (χ4v) is 7.64. The number of benzene rings is 1. The lowest BCUT2D eigenvalue weighted by Gasteiger charge is -2.49. The summed E-state index contributed by atoms with van der Waals surface area (Å²) in [6.07, 6.45) is 5.48. The number of aromatic nitrogens is 4. The summed E-state index contributed by atoms with van der Waals surface area (Å²) in [4.78, 5) is 49.4. The molecule has 6 rings (SSSR count). The van der Waals surface area contributed by atoms with Gasteiger partial charge in [0.25, 0.3) is 11.8 Å². The molecule has 0 unspecified atom stereocenters. The number of β-lactam (4-membered cyclic amide) rings is 1. The Hall–Kier alpha value is -4.54. The van der Waals surface area contributed by atoms with Gasteiger partial charge in [0.05, 0.1) is 29.1 Å². The van der Waals surface area contributed by atoms with Gasteiger partial charge in [0, 0.05) is 27.2 Å². The molecule has 0 saturated carbocycles. The molecule has 0 aliphatic carbocycles. The third-order valence-electron chi connectivity index (χ3n) is 6.71. The summed E-state index contributed by atoms with van der Waals surface area (Å²) in [6, 6.07) is 10.8. The fraction of sp³-hybridized carbons (Fsp3) is 0.185. The summed E-state index contributed by atoms with van der Waals surface area (Å²) in [7, 11) is 1.28. The summed E-state index contributed by atoms with van der Waals surface area (Å²) >= 11 is 3.99. The van der Waals surface area contributed by atoms with Crippen LogP contribution in [0.25, 0.3) is 16.6 Å². The molecule has 0 bridgehead atoms. The minimum absolute atomic E-state index is 0.0539. The van der Waals surface area contributed by atoms with Crippen LogP contribution in [0.3, 0.4) is 0 Å². The van der Waals surface area contributed by atoms with E-state index in [1.54, 1.807) is 11.6 Å². The third kappa shape index (κ3) is 5.51. The molecule has 1 aromatic carbocycles. The zero-order valence-electron chi connectivity index (χ0n) is 22.4. The van der Waals surface area contributed by atoms with E-state index in [0.29, 0.717) is 22.9 Å². The summed E-state index contributed by atoms with van der Waals surface area (Å²) in [5.74, 6) is -0.930. The molecule has 3 aromatic heterocycles. The molecule has 5 heterocycles. The number of hydrogen-bond donors (Lipinski definition) is 3. The van der Waals surface area contributed by atoms with Gasteiger partial charge in [-0.25, -0.2) is 14.3 Å². The van der Waals surface area contributed by atoms with E-state index in [0.717, 1.165) is 27.0 Å². The normalized spacial score (nSPS) is 18.3. The van der Waals surface area contributed by atoms with Crippen molar-refractivity contribution in [1.29, 1.82) is 0 Å². The van der Waals surface area contributed by atoms with Crippen molar-refractivity contribution in [2.75, 3.05) is 24.3 Å². The fourth-order valence-electron chi connectivity index (χ4n) is 4.72. The second-order valence-corrected chi connectivity index (χ2v) is 12.3. The molecule has 0 radical (unpaired) electrons. The van der Waals surface area contributed by atoms with Gasteiger partial charge in [-0.2, -0.15) is 0 Å². The maximum absolute atomic E-state index is 13.1. The molecule has 0 spiro atoms. The number of nitrogens with zero attached hydrogens (tertiary/aromatic N) is 6. The van der Waals surface area contributed by atoms with E-state index in [2.05, 4.69) is 25.7 Å². The maximum atomic E-state index is 13.1.